The van der Waals surface area contributed by atoms with Crippen LogP contribution in [-0.2, 0) is 14.3 Å². The van der Waals surface area contributed by atoms with Gasteiger partial charge in [0.2, 0.25) is 0 Å². The van der Waals surface area contributed by atoms with E-state index in [0.29, 0.717) is 6.42 Å². The van der Waals surface area contributed by atoms with Crippen molar-refractivity contribution in [3.05, 3.63) is 59.7 Å². The van der Waals surface area contributed by atoms with Gasteiger partial charge in [-0.15, -0.1) is 0 Å². The van der Waals surface area contributed by atoms with Gasteiger partial charge in [0.05, 0.1) is 7.11 Å². The Morgan fingerprint density at radius 3 is 2.03 bits per heavy atom. The summed E-state index contributed by atoms with van der Waals surface area (Å²) >= 11 is 0. The van der Waals surface area contributed by atoms with E-state index in [1.807, 2.05) is 38.1 Å². The summed E-state index contributed by atoms with van der Waals surface area (Å²) in [7, 11) is 1.36. The quantitative estimate of drug-likeness (QED) is 0.726. The largest absolute Gasteiger partial charge is 0.467 e. The third-order valence-corrected chi connectivity index (χ3v) is 6.93. The summed E-state index contributed by atoms with van der Waals surface area (Å²) in [6.45, 7) is 4.30. The van der Waals surface area contributed by atoms with Crippen molar-refractivity contribution in [2.45, 2.75) is 44.6 Å². The molecule has 152 valence electrons. The van der Waals surface area contributed by atoms with E-state index < -0.39 is 17.6 Å². The Morgan fingerprint density at radius 1 is 1.00 bits per heavy atom. The Balaban J connectivity index is 1.50. The zero-order valence-corrected chi connectivity index (χ0v) is 17.2. The van der Waals surface area contributed by atoms with E-state index in [-0.39, 0.29) is 17.9 Å². The fourth-order valence-corrected chi connectivity index (χ4v) is 5.07. The average Bonchev–Trinajstić information content (AvgIpc) is 3.31. The molecular weight excluding hydrogens is 366 g/mol. The molecule has 1 N–H and O–H groups in total. The molecule has 2 aliphatic carbocycles. The lowest BCUT2D eigenvalue weighted by Crippen LogP contribution is -2.48. The molecule has 5 nitrogen and oxygen atoms in total. The number of esters is 1. The molecule has 0 aromatic heterocycles. The third kappa shape index (κ3) is 2.91. The van der Waals surface area contributed by atoms with Gasteiger partial charge in [-0.2, -0.15) is 0 Å². The molecule has 5 heteroatoms. The van der Waals surface area contributed by atoms with Gasteiger partial charge in [-0.05, 0) is 41.5 Å². The zero-order valence-electron chi connectivity index (χ0n) is 17.2. The van der Waals surface area contributed by atoms with E-state index >= 15 is 0 Å². The van der Waals surface area contributed by atoms with Crippen LogP contribution in [0.2, 0.25) is 0 Å². The number of nitrogens with one attached hydrogen (secondary N) is 1. The van der Waals surface area contributed by atoms with Gasteiger partial charge in [0.25, 0.3) is 0 Å². The van der Waals surface area contributed by atoms with Gasteiger partial charge in [-0.1, -0.05) is 62.4 Å². The van der Waals surface area contributed by atoms with Crippen LogP contribution in [0.4, 0.5) is 4.79 Å². The van der Waals surface area contributed by atoms with E-state index in [1.165, 1.54) is 18.2 Å². The van der Waals surface area contributed by atoms with Crippen molar-refractivity contribution in [1.82, 2.24) is 5.32 Å². The topological polar surface area (TPSA) is 64.6 Å². The summed E-state index contributed by atoms with van der Waals surface area (Å²) in [5, 5.41) is 2.85. The van der Waals surface area contributed by atoms with Crippen LogP contribution in [0.3, 0.4) is 0 Å². The van der Waals surface area contributed by atoms with E-state index in [2.05, 4.69) is 29.6 Å². The first-order valence-corrected chi connectivity index (χ1v) is 10.2. The number of methoxy groups -OCH3 is 1. The van der Waals surface area contributed by atoms with Crippen LogP contribution < -0.4 is 5.32 Å². The van der Waals surface area contributed by atoms with Crippen LogP contribution in [0.25, 0.3) is 11.1 Å². The summed E-state index contributed by atoms with van der Waals surface area (Å²) in [5.41, 5.74) is 3.45. The lowest BCUT2D eigenvalue weighted by Gasteiger charge is -2.23. The van der Waals surface area contributed by atoms with Gasteiger partial charge >= 0.3 is 12.1 Å². The smallest absolute Gasteiger partial charge is 0.408 e. The molecule has 29 heavy (non-hydrogen) atoms. The highest BCUT2D eigenvalue weighted by atomic mass is 16.6. The maximum Gasteiger partial charge on any atom is 0.408 e. The number of carbonyl (C=O) groups excluding carboxylic acids is 2. The molecule has 0 heterocycles. The highest BCUT2D eigenvalue weighted by Crippen LogP contribution is 2.61. The van der Waals surface area contributed by atoms with Crippen molar-refractivity contribution >= 4 is 12.1 Å². The number of carbonyl (C=O) groups is 2. The Hall–Kier alpha value is -2.82. The second-order valence-electron chi connectivity index (χ2n) is 8.01. The van der Waals surface area contributed by atoms with E-state index in [9.17, 15) is 9.59 Å². The van der Waals surface area contributed by atoms with Crippen LogP contribution in [-0.4, -0.2) is 31.3 Å². The fraction of sp³-hybridized carbons (Fsp3) is 0.417. The minimum atomic E-state index is -0.978. The van der Waals surface area contributed by atoms with Crippen LogP contribution >= 0.6 is 0 Å². The number of fused-ring (bicyclic) bond motifs is 3. The Bertz CT molecular complexity index is 904. The van der Waals surface area contributed by atoms with E-state index in [1.54, 1.807) is 0 Å². The molecule has 1 amide bonds. The normalized spacial score (nSPS) is 21.1. The summed E-state index contributed by atoms with van der Waals surface area (Å²) in [6, 6.07) is 16.4. The molecule has 2 aliphatic rings. The van der Waals surface area contributed by atoms with Gasteiger partial charge in [-0.25, -0.2) is 9.59 Å². The maximum absolute atomic E-state index is 12.7. The van der Waals surface area contributed by atoms with Crippen molar-refractivity contribution in [3.8, 4) is 11.1 Å². The van der Waals surface area contributed by atoms with Gasteiger partial charge < -0.3 is 14.8 Å². The molecule has 4 rings (SSSR count). The lowest BCUT2D eigenvalue weighted by atomic mass is 9.93. The second-order valence-corrected chi connectivity index (χ2v) is 8.01. The number of ether oxygens (including phenoxy) is 2. The van der Waals surface area contributed by atoms with Crippen LogP contribution in [0.5, 0.6) is 0 Å². The lowest BCUT2D eigenvalue weighted by molar-refractivity contribution is -0.145. The van der Waals surface area contributed by atoms with Crippen molar-refractivity contribution in [2.75, 3.05) is 13.7 Å². The number of amides is 1. The first-order valence-electron chi connectivity index (χ1n) is 10.2. The molecule has 0 aliphatic heterocycles. The average molecular weight is 393 g/mol. The van der Waals surface area contributed by atoms with Gasteiger partial charge in [0.15, 0.2) is 0 Å². The molecule has 1 saturated carbocycles. The molecule has 1 atom stereocenters. The highest BCUT2D eigenvalue weighted by Gasteiger charge is 2.72. The van der Waals surface area contributed by atoms with Crippen LogP contribution in [0.1, 0.15) is 50.2 Å². The second kappa shape index (κ2) is 7.21. The Labute approximate surface area is 171 Å². The summed E-state index contributed by atoms with van der Waals surface area (Å²) in [4.78, 5) is 25.1. The summed E-state index contributed by atoms with van der Waals surface area (Å²) < 4.78 is 10.6. The molecule has 2 aromatic carbocycles. The van der Waals surface area contributed by atoms with Crippen molar-refractivity contribution in [2.24, 2.45) is 5.41 Å². The van der Waals surface area contributed by atoms with Crippen LogP contribution in [0.15, 0.2) is 48.5 Å². The van der Waals surface area contributed by atoms with Crippen LogP contribution in [0, 0.1) is 5.41 Å². The number of benzene rings is 2. The van der Waals surface area contributed by atoms with Gasteiger partial charge in [0, 0.05) is 11.3 Å². The molecule has 0 unspecified atom stereocenters. The maximum atomic E-state index is 12.7. The van der Waals surface area contributed by atoms with Crippen molar-refractivity contribution < 1.29 is 19.1 Å². The predicted molar refractivity (Wildman–Crippen MR) is 111 cm³/mol. The van der Waals surface area contributed by atoms with E-state index in [0.717, 1.165) is 24.0 Å². The number of rotatable bonds is 6. The summed E-state index contributed by atoms with van der Waals surface area (Å²) in [5.74, 6) is -0.404. The van der Waals surface area contributed by atoms with E-state index in [4.69, 9.17) is 9.47 Å². The SMILES string of the molecule is CCC1(CC)C[C@]1(NC(=O)OCC1c2ccccc2-c2ccccc21)C(=O)OC. The molecule has 0 radical (unpaired) electrons. The molecule has 2 aromatic rings. The third-order valence-electron chi connectivity index (χ3n) is 6.93. The predicted octanol–water partition coefficient (Wildman–Crippen LogP) is 4.65. The van der Waals surface area contributed by atoms with Gasteiger partial charge in [-0.3, -0.25) is 0 Å². The van der Waals surface area contributed by atoms with Crippen molar-refractivity contribution in [3.63, 3.8) is 0 Å². The zero-order chi connectivity index (χ0) is 20.6. The first-order chi connectivity index (χ1) is 14.0. The minimum Gasteiger partial charge on any atom is -0.467 e. The molecule has 1 fully saturated rings. The Morgan fingerprint density at radius 2 is 1.55 bits per heavy atom. The number of alkyl carbamates (subject to hydrolysis) is 1. The molecular formula is C24H27NO4. The molecule has 0 bridgehead atoms. The van der Waals surface area contributed by atoms with Crippen molar-refractivity contribution in [1.29, 1.82) is 0 Å². The molecule has 0 saturated heterocycles. The molecule has 0 spiro atoms. The highest BCUT2D eigenvalue weighted by molar-refractivity contribution is 5.91. The monoisotopic (exact) mass is 393 g/mol. The minimum absolute atomic E-state index is 0.0106. The standard InChI is InChI=1S/C24H27NO4/c1-4-23(5-2)15-24(23,21(26)28-3)25-22(27)29-14-20-18-12-8-6-10-16(18)17-11-7-9-13-19(17)20/h6-13,20H,4-5,14-15H2,1-3H3,(H,25,27)/t24-/m0/s1. The first kappa shape index (κ1) is 19.5. The summed E-state index contributed by atoms with van der Waals surface area (Å²) in [6.07, 6.45) is 1.61. The Kier molecular flexibility index (Phi) is 4.85. The van der Waals surface area contributed by atoms with Gasteiger partial charge in [0.1, 0.15) is 12.1 Å². The fourth-order valence-electron chi connectivity index (χ4n) is 5.07. The number of hydrogen-bond donors (Lipinski definition) is 1. The number of hydrogen-bond acceptors (Lipinski definition) is 4.